The SMILES string of the molecule is CC(C)(C)NC(=O)[C@H](Cc1ccccc1)N(Cc1ccc(Cl)cc1)C(=O)CN(c1ccccc1)S(=O)(=O)c1ccc(F)cc1. The minimum Gasteiger partial charge on any atom is -0.350 e. The van der Waals surface area contributed by atoms with Gasteiger partial charge in [-0.3, -0.25) is 13.9 Å². The van der Waals surface area contributed by atoms with Gasteiger partial charge in [-0.2, -0.15) is 0 Å². The highest BCUT2D eigenvalue weighted by atomic mass is 35.5. The van der Waals surface area contributed by atoms with Crippen LogP contribution >= 0.6 is 11.6 Å². The first-order valence-electron chi connectivity index (χ1n) is 14.1. The number of carbonyl (C=O) groups is 2. The monoisotopic (exact) mass is 635 g/mol. The van der Waals surface area contributed by atoms with E-state index in [-0.39, 0.29) is 29.5 Å². The van der Waals surface area contributed by atoms with Gasteiger partial charge in [0, 0.05) is 23.5 Å². The number of nitrogens with one attached hydrogen (secondary N) is 1. The fourth-order valence-corrected chi connectivity index (χ4v) is 6.19. The highest BCUT2D eigenvalue weighted by molar-refractivity contribution is 7.92. The van der Waals surface area contributed by atoms with Crippen molar-refractivity contribution in [3.63, 3.8) is 0 Å². The third kappa shape index (κ3) is 8.67. The molecule has 0 aromatic heterocycles. The number of hydrogen-bond donors (Lipinski definition) is 1. The van der Waals surface area contributed by atoms with Gasteiger partial charge in [0.05, 0.1) is 10.6 Å². The second-order valence-electron chi connectivity index (χ2n) is 11.4. The van der Waals surface area contributed by atoms with Gasteiger partial charge in [0.2, 0.25) is 11.8 Å². The van der Waals surface area contributed by atoms with Crippen molar-refractivity contribution in [3.05, 3.63) is 131 Å². The van der Waals surface area contributed by atoms with Gasteiger partial charge in [-0.1, -0.05) is 72.3 Å². The van der Waals surface area contributed by atoms with Crippen LogP contribution in [-0.4, -0.2) is 43.3 Å². The summed E-state index contributed by atoms with van der Waals surface area (Å²) in [6.07, 6.45) is 0.193. The molecule has 0 saturated carbocycles. The second kappa shape index (κ2) is 14.1. The minimum absolute atomic E-state index is 0.0181. The summed E-state index contributed by atoms with van der Waals surface area (Å²) in [7, 11) is -4.31. The zero-order chi connectivity index (χ0) is 31.9. The summed E-state index contributed by atoms with van der Waals surface area (Å²) in [6, 6.07) is 27.9. The van der Waals surface area contributed by atoms with Crippen molar-refractivity contribution in [2.45, 2.75) is 50.2 Å². The summed E-state index contributed by atoms with van der Waals surface area (Å²) in [5.41, 5.74) is 1.19. The fraction of sp³-hybridized carbons (Fsp3) is 0.235. The van der Waals surface area contributed by atoms with Crippen molar-refractivity contribution in [1.82, 2.24) is 10.2 Å². The van der Waals surface area contributed by atoms with E-state index >= 15 is 0 Å². The van der Waals surface area contributed by atoms with Crippen LogP contribution in [0.15, 0.2) is 114 Å². The van der Waals surface area contributed by atoms with E-state index in [0.29, 0.717) is 10.6 Å². The largest absolute Gasteiger partial charge is 0.350 e. The molecular formula is C34H35ClFN3O4S. The van der Waals surface area contributed by atoms with Gasteiger partial charge < -0.3 is 10.2 Å². The number of halogens is 2. The molecule has 44 heavy (non-hydrogen) atoms. The summed E-state index contributed by atoms with van der Waals surface area (Å²) in [5.74, 6) is -1.56. The van der Waals surface area contributed by atoms with Crippen molar-refractivity contribution in [2.75, 3.05) is 10.8 Å². The first-order chi connectivity index (χ1) is 20.8. The maximum Gasteiger partial charge on any atom is 0.264 e. The van der Waals surface area contributed by atoms with Crippen LogP contribution in [0.1, 0.15) is 31.9 Å². The second-order valence-corrected chi connectivity index (χ2v) is 13.7. The summed E-state index contributed by atoms with van der Waals surface area (Å²) >= 11 is 6.12. The van der Waals surface area contributed by atoms with E-state index in [0.717, 1.165) is 34.1 Å². The highest BCUT2D eigenvalue weighted by Crippen LogP contribution is 2.25. The maximum atomic E-state index is 14.4. The molecule has 0 saturated heterocycles. The van der Waals surface area contributed by atoms with Gasteiger partial charge in [0.25, 0.3) is 10.0 Å². The van der Waals surface area contributed by atoms with E-state index < -0.39 is 39.9 Å². The summed E-state index contributed by atoms with van der Waals surface area (Å²) in [4.78, 5) is 29.5. The van der Waals surface area contributed by atoms with Crippen LogP contribution in [0.5, 0.6) is 0 Å². The summed E-state index contributed by atoms with van der Waals surface area (Å²) in [5, 5.41) is 3.51. The third-order valence-electron chi connectivity index (χ3n) is 6.76. The Hall–Kier alpha value is -4.21. The van der Waals surface area contributed by atoms with E-state index in [2.05, 4.69) is 5.32 Å². The smallest absolute Gasteiger partial charge is 0.264 e. The molecule has 0 radical (unpaired) electrons. The van der Waals surface area contributed by atoms with Crippen molar-refractivity contribution in [3.8, 4) is 0 Å². The Kier molecular flexibility index (Phi) is 10.4. The number of nitrogens with zero attached hydrogens (tertiary/aromatic N) is 2. The lowest BCUT2D eigenvalue weighted by Crippen LogP contribution is -2.56. The van der Waals surface area contributed by atoms with Gasteiger partial charge in [-0.05, 0) is 80.4 Å². The molecular weight excluding hydrogens is 601 g/mol. The number of anilines is 1. The lowest BCUT2D eigenvalue weighted by atomic mass is 10.0. The zero-order valence-corrected chi connectivity index (χ0v) is 26.4. The fourth-order valence-electron chi connectivity index (χ4n) is 4.65. The van der Waals surface area contributed by atoms with Crippen LogP contribution in [-0.2, 0) is 32.6 Å². The van der Waals surface area contributed by atoms with Gasteiger partial charge in [0.1, 0.15) is 18.4 Å². The van der Waals surface area contributed by atoms with E-state index in [1.807, 2.05) is 51.1 Å². The number of sulfonamides is 1. The molecule has 10 heteroatoms. The van der Waals surface area contributed by atoms with Crippen LogP contribution in [0, 0.1) is 5.82 Å². The number of benzene rings is 4. The topological polar surface area (TPSA) is 86.8 Å². The average Bonchev–Trinajstić information content (AvgIpc) is 2.98. The van der Waals surface area contributed by atoms with Crippen molar-refractivity contribution in [2.24, 2.45) is 0 Å². The van der Waals surface area contributed by atoms with Crippen LogP contribution in [0.25, 0.3) is 0 Å². The lowest BCUT2D eigenvalue weighted by Gasteiger charge is -2.35. The molecule has 0 aliphatic carbocycles. The Morgan fingerprint density at radius 3 is 1.95 bits per heavy atom. The number of rotatable bonds is 11. The van der Waals surface area contributed by atoms with Gasteiger partial charge in [-0.15, -0.1) is 0 Å². The molecule has 0 fully saturated rings. The highest BCUT2D eigenvalue weighted by Gasteiger charge is 2.35. The average molecular weight is 636 g/mol. The molecule has 4 rings (SSSR count). The Bertz CT molecular complexity index is 1660. The van der Waals surface area contributed by atoms with Crippen LogP contribution in [0.4, 0.5) is 10.1 Å². The molecule has 0 bridgehead atoms. The summed E-state index contributed by atoms with van der Waals surface area (Å²) < 4.78 is 42.5. The molecule has 0 aliphatic heterocycles. The molecule has 0 spiro atoms. The van der Waals surface area contributed by atoms with Crippen molar-refractivity contribution < 1.29 is 22.4 Å². The first kappa shape index (κ1) is 32.7. The predicted octanol–water partition coefficient (Wildman–Crippen LogP) is 6.23. The molecule has 2 amide bonds. The van der Waals surface area contributed by atoms with Gasteiger partial charge in [0.15, 0.2) is 0 Å². The molecule has 1 N–H and O–H groups in total. The Labute approximate surface area is 263 Å². The van der Waals surface area contributed by atoms with E-state index in [1.165, 1.54) is 4.90 Å². The quantitative estimate of drug-likeness (QED) is 0.212. The molecule has 0 unspecified atom stereocenters. The molecule has 4 aromatic rings. The normalized spacial score (nSPS) is 12.3. The Morgan fingerprint density at radius 2 is 1.39 bits per heavy atom. The Morgan fingerprint density at radius 1 is 0.818 bits per heavy atom. The molecule has 230 valence electrons. The van der Waals surface area contributed by atoms with E-state index in [9.17, 15) is 22.4 Å². The van der Waals surface area contributed by atoms with Crippen LogP contribution in [0.3, 0.4) is 0 Å². The number of para-hydroxylation sites is 1. The van der Waals surface area contributed by atoms with Gasteiger partial charge >= 0.3 is 0 Å². The van der Waals surface area contributed by atoms with Crippen molar-refractivity contribution in [1.29, 1.82) is 0 Å². The van der Waals surface area contributed by atoms with Gasteiger partial charge in [-0.25, -0.2) is 12.8 Å². The zero-order valence-electron chi connectivity index (χ0n) is 24.8. The number of amides is 2. The minimum atomic E-state index is -4.31. The third-order valence-corrected chi connectivity index (χ3v) is 8.80. The van der Waals surface area contributed by atoms with Crippen LogP contribution in [0.2, 0.25) is 5.02 Å². The molecule has 1 atom stereocenters. The van der Waals surface area contributed by atoms with Crippen molar-refractivity contribution >= 4 is 39.1 Å². The Balaban J connectivity index is 1.79. The predicted molar refractivity (Wildman–Crippen MR) is 171 cm³/mol. The maximum absolute atomic E-state index is 14.4. The molecule has 0 aliphatic rings. The lowest BCUT2D eigenvalue weighted by molar-refractivity contribution is -0.140. The molecule has 7 nitrogen and oxygen atoms in total. The van der Waals surface area contributed by atoms with Crippen LogP contribution < -0.4 is 9.62 Å². The van der Waals surface area contributed by atoms with E-state index in [4.69, 9.17) is 11.6 Å². The number of hydrogen-bond acceptors (Lipinski definition) is 4. The first-order valence-corrected chi connectivity index (χ1v) is 15.9. The number of carbonyl (C=O) groups excluding carboxylic acids is 2. The standard InChI is InChI=1S/C34H35ClFN3O4S/c1-34(2,3)37-33(41)31(22-25-10-6-4-7-11-25)38(23-26-14-16-27(35)17-15-26)32(40)24-39(29-12-8-5-9-13-29)44(42,43)30-20-18-28(36)19-21-30/h4-21,31H,22-24H2,1-3H3,(H,37,41)/t31-/m0/s1. The molecule has 4 aromatic carbocycles. The molecule has 0 heterocycles. The van der Waals surface area contributed by atoms with E-state index in [1.54, 1.807) is 54.6 Å². The summed E-state index contributed by atoms with van der Waals surface area (Å²) in [6.45, 7) is 4.96.